The Bertz CT molecular complexity index is 912. The number of rotatable bonds is 0. The molecule has 1 aliphatic rings. The van der Waals surface area contributed by atoms with E-state index in [0.29, 0.717) is 0 Å². The van der Waals surface area contributed by atoms with Crippen LogP contribution in [-0.2, 0) is 12.8 Å². The van der Waals surface area contributed by atoms with E-state index in [2.05, 4.69) is 58.2 Å². The summed E-state index contributed by atoms with van der Waals surface area (Å²) in [5.74, 6) is 0. The van der Waals surface area contributed by atoms with Gasteiger partial charge in [-0.15, -0.1) is 0 Å². The summed E-state index contributed by atoms with van der Waals surface area (Å²) in [6, 6.07) is 19.7. The Morgan fingerprint density at radius 2 is 1.58 bits per heavy atom. The van der Waals surface area contributed by atoms with E-state index in [-0.39, 0.29) is 6.15 Å². The zero-order valence-electron chi connectivity index (χ0n) is 13.7. The molecule has 0 atom stereocenters. The molecule has 3 nitrogen and oxygen atoms in total. The van der Waals surface area contributed by atoms with Crippen molar-refractivity contribution in [2.45, 2.75) is 25.7 Å². The normalized spacial score (nSPS) is 12.8. The summed E-state index contributed by atoms with van der Waals surface area (Å²) in [6.45, 7) is 0. The first-order chi connectivity index (χ1) is 11.4. The first-order valence-corrected chi connectivity index (χ1v) is 8.20. The second kappa shape index (κ2) is 7.28. The molecule has 0 radical (unpaired) electrons. The van der Waals surface area contributed by atoms with Crippen molar-refractivity contribution in [1.82, 2.24) is 11.3 Å². The minimum atomic E-state index is 0. The Morgan fingerprint density at radius 1 is 0.750 bits per heavy atom. The van der Waals surface area contributed by atoms with Crippen molar-refractivity contribution >= 4 is 21.5 Å². The van der Waals surface area contributed by atoms with Crippen LogP contribution in [-0.4, -0.2) is 5.16 Å². The van der Waals surface area contributed by atoms with Crippen LogP contribution in [0.4, 0.5) is 0 Å². The van der Waals surface area contributed by atoms with Crippen molar-refractivity contribution in [3.63, 3.8) is 0 Å². The third kappa shape index (κ3) is 3.03. The number of aromatic nitrogens is 1. The van der Waals surface area contributed by atoms with Gasteiger partial charge in [0.15, 0.2) is 0 Å². The van der Waals surface area contributed by atoms with E-state index < -0.39 is 0 Å². The number of fused-ring (bicyclic) bond motifs is 5. The van der Waals surface area contributed by atoms with E-state index in [1.165, 1.54) is 53.5 Å². The van der Waals surface area contributed by atoms with Gasteiger partial charge in [-0.2, -0.15) is 0 Å². The van der Waals surface area contributed by atoms with Crippen LogP contribution in [0.3, 0.4) is 0 Å². The minimum absolute atomic E-state index is 0. The summed E-state index contributed by atoms with van der Waals surface area (Å²) in [6.07, 6.45) is 8.31. The lowest BCUT2D eigenvalue weighted by atomic mass is 9.86. The predicted molar refractivity (Wildman–Crippen MR) is 99.6 cm³/mol. The molecule has 5 rings (SSSR count). The molecule has 1 aliphatic carbocycles. The van der Waals surface area contributed by atoms with Crippen LogP contribution in [0.1, 0.15) is 24.0 Å². The summed E-state index contributed by atoms with van der Waals surface area (Å²) in [5, 5.41) is 8.99. The van der Waals surface area contributed by atoms with Gasteiger partial charge in [-0.05, 0) is 64.4 Å². The Labute approximate surface area is 141 Å². The molecule has 0 fully saturated rings. The van der Waals surface area contributed by atoms with Gasteiger partial charge in [0.2, 0.25) is 0 Å². The topological polar surface area (TPSA) is 61.0 Å². The zero-order chi connectivity index (χ0) is 15.5. The van der Waals surface area contributed by atoms with E-state index in [1.54, 1.807) is 23.4 Å². The minimum Gasteiger partial charge on any atom is -0.365 e. The van der Waals surface area contributed by atoms with Crippen LogP contribution >= 0.6 is 0 Å². The zero-order valence-corrected chi connectivity index (χ0v) is 13.7. The quantitative estimate of drug-likeness (QED) is 0.422. The van der Waals surface area contributed by atoms with Gasteiger partial charge in [0.05, 0.1) is 6.20 Å². The van der Waals surface area contributed by atoms with E-state index in [1.807, 2.05) is 0 Å². The molecule has 3 aromatic carbocycles. The number of hydrogen-bond donors (Lipinski definition) is 1. The molecule has 0 spiro atoms. The van der Waals surface area contributed by atoms with Crippen LogP contribution < -0.4 is 6.15 Å². The highest BCUT2D eigenvalue weighted by molar-refractivity contribution is 6.08. The van der Waals surface area contributed by atoms with Gasteiger partial charge in [-0.3, -0.25) is 0 Å². The van der Waals surface area contributed by atoms with Gasteiger partial charge in [0.1, 0.15) is 6.26 Å². The highest BCUT2D eigenvalue weighted by Crippen LogP contribution is 2.33. The summed E-state index contributed by atoms with van der Waals surface area (Å²) < 4.78 is 4.33. The monoisotopic (exact) mass is 318 g/mol. The Kier molecular flexibility index (Phi) is 4.92. The summed E-state index contributed by atoms with van der Waals surface area (Å²) >= 11 is 0. The summed E-state index contributed by atoms with van der Waals surface area (Å²) in [4.78, 5) is 0. The van der Waals surface area contributed by atoms with Gasteiger partial charge in [0, 0.05) is 0 Å². The first-order valence-electron chi connectivity index (χ1n) is 8.20. The maximum absolute atomic E-state index is 4.33. The Morgan fingerprint density at radius 3 is 2.38 bits per heavy atom. The van der Waals surface area contributed by atoms with Crippen molar-refractivity contribution in [2.24, 2.45) is 0 Å². The number of benzene rings is 3. The molecule has 1 heterocycles. The molecule has 24 heavy (non-hydrogen) atoms. The second-order valence-corrected chi connectivity index (χ2v) is 5.98. The molecule has 0 amide bonds. The molecule has 122 valence electrons. The average molecular weight is 318 g/mol. The third-order valence-corrected chi connectivity index (χ3v) is 4.60. The van der Waals surface area contributed by atoms with Crippen LogP contribution in [0, 0.1) is 0 Å². The van der Waals surface area contributed by atoms with Crippen LogP contribution in [0.15, 0.2) is 71.6 Å². The van der Waals surface area contributed by atoms with E-state index in [9.17, 15) is 0 Å². The van der Waals surface area contributed by atoms with Gasteiger partial charge in [-0.1, -0.05) is 53.7 Å². The molecule has 0 bridgehead atoms. The molecule has 3 heteroatoms. The van der Waals surface area contributed by atoms with Crippen molar-refractivity contribution in [3.8, 4) is 0 Å². The van der Waals surface area contributed by atoms with Crippen LogP contribution in [0.5, 0.6) is 0 Å². The smallest absolute Gasteiger partial charge is 0.123 e. The van der Waals surface area contributed by atoms with Crippen LogP contribution in [0.2, 0.25) is 0 Å². The van der Waals surface area contributed by atoms with Crippen molar-refractivity contribution in [3.05, 3.63) is 78.2 Å². The SMILES string of the molecule is N.c1ccc2c(c1)ccc1c3c(ccc12)CCCC3.c1cnoc1. The van der Waals surface area contributed by atoms with Crippen molar-refractivity contribution in [2.75, 3.05) is 0 Å². The fraction of sp³-hybridized carbons (Fsp3) is 0.190. The highest BCUT2D eigenvalue weighted by Gasteiger charge is 2.13. The lowest BCUT2D eigenvalue weighted by molar-refractivity contribution is 0.420. The van der Waals surface area contributed by atoms with Gasteiger partial charge in [0.25, 0.3) is 0 Å². The maximum Gasteiger partial charge on any atom is 0.123 e. The van der Waals surface area contributed by atoms with Crippen molar-refractivity contribution in [1.29, 1.82) is 0 Å². The molecule has 0 unspecified atom stereocenters. The molecule has 0 saturated carbocycles. The Hall–Kier alpha value is -2.65. The lowest BCUT2D eigenvalue weighted by Gasteiger charge is -2.18. The molecular formula is C21H22N2O. The largest absolute Gasteiger partial charge is 0.365 e. The van der Waals surface area contributed by atoms with Crippen molar-refractivity contribution < 1.29 is 4.52 Å². The third-order valence-electron chi connectivity index (χ3n) is 4.60. The maximum atomic E-state index is 4.33. The number of nitrogens with zero attached hydrogens (tertiary/aromatic N) is 1. The molecular weight excluding hydrogens is 296 g/mol. The second-order valence-electron chi connectivity index (χ2n) is 5.98. The number of aryl methyl sites for hydroxylation is 2. The van der Waals surface area contributed by atoms with Gasteiger partial charge >= 0.3 is 0 Å². The molecule has 0 aliphatic heterocycles. The molecule has 0 saturated heterocycles. The molecule has 1 aromatic heterocycles. The lowest BCUT2D eigenvalue weighted by Crippen LogP contribution is -2.02. The van der Waals surface area contributed by atoms with E-state index >= 15 is 0 Å². The molecule has 4 aromatic rings. The Balaban J connectivity index is 0.000000245. The number of hydrogen-bond acceptors (Lipinski definition) is 3. The highest BCUT2D eigenvalue weighted by atomic mass is 16.5. The van der Waals surface area contributed by atoms with Gasteiger partial charge < -0.3 is 10.7 Å². The van der Waals surface area contributed by atoms with E-state index in [4.69, 9.17) is 0 Å². The molecule has 3 N–H and O–H groups in total. The standard InChI is InChI=1S/C18H16.C3H3NO.H3N/c1-3-7-15-13(5-1)9-11-18-16-8-4-2-6-14(16)10-12-17(15)18;1-2-4-5-3-1;/h1,3,5,7,9-12H,2,4,6,8H2;1-3H;1H3. The fourth-order valence-electron chi connectivity index (χ4n) is 3.52. The van der Waals surface area contributed by atoms with Crippen LogP contribution in [0.25, 0.3) is 21.5 Å². The van der Waals surface area contributed by atoms with Gasteiger partial charge in [-0.25, -0.2) is 0 Å². The fourth-order valence-corrected chi connectivity index (χ4v) is 3.52. The average Bonchev–Trinajstić information content (AvgIpc) is 3.21. The first kappa shape index (κ1) is 16.2. The predicted octanol–water partition coefficient (Wildman–Crippen LogP) is 5.71. The summed E-state index contributed by atoms with van der Waals surface area (Å²) in [7, 11) is 0. The summed E-state index contributed by atoms with van der Waals surface area (Å²) in [5.41, 5.74) is 3.17. The van der Waals surface area contributed by atoms with E-state index in [0.717, 1.165) is 0 Å².